The van der Waals surface area contributed by atoms with E-state index in [9.17, 15) is 0 Å². The van der Waals surface area contributed by atoms with E-state index >= 15 is 0 Å². The number of halogens is 1. The first-order chi connectivity index (χ1) is 4.75. The molecule has 1 saturated carbocycles. The minimum absolute atomic E-state index is 0.939. The van der Waals surface area contributed by atoms with Gasteiger partial charge in [0.25, 0.3) is 0 Å². The molecule has 0 aromatic rings. The second-order valence-electron chi connectivity index (χ2n) is 3.70. The predicted molar refractivity (Wildman–Crippen MR) is 49.5 cm³/mol. The van der Waals surface area contributed by atoms with E-state index < -0.39 is 0 Å². The van der Waals surface area contributed by atoms with Gasteiger partial charge in [0.05, 0.1) is 0 Å². The van der Waals surface area contributed by atoms with Crippen LogP contribution in [-0.2, 0) is 0 Å². The fraction of sp³-hybridized carbons (Fsp3) is 1.00. The first kappa shape index (κ1) is 8.58. The maximum Gasteiger partial charge on any atom is 0.00647 e. The molecule has 0 spiro atoms. The Hall–Kier alpha value is 0.480. The van der Waals surface area contributed by atoms with Crippen LogP contribution in [0, 0.1) is 17.8 Å². The number of rotatable bonds is 1. The molecule has 0 nitrogen and oxygen atoms in total. The molecule has 0 saturated heterocycles. The van der Waals surface area contributed by atoms with Crippen LogP contribution in [0.2, 0.25) is 0 Å². The Morgan fingerprint density at radius 3 is 2.00 bits per heavy atom. The lowest BCUT2D eigenvalue weighted by Gasteiger charge is -2.33. The molecule has 10 heavy (non-hydrogen) atoms. The maximum atomic E-state index is 3.59. The predicted octanol–water partition coefficient (Wildman–Crippen LogP) is 3.45. The summed E-state index contributed by atoms with van der Waals surface area (Å²) in [7, 11) is 0. The highest BCUT2D eigenvalue weighted by Crippen LogP contribution is 2.35. The summed E-state index contributed by atoms with van der Waals surface area (Å²) in [5, 5.41) is 1.20. The summed E-state index contributed by atoms with van der Waals surface area (Å²) in [5.74, 6) is 2.83. The molecule has 0 amide bonds. The Morgan fingerprint density at radius 1 is 1.20 bits per heavy atom. The third-order valence-corrected chi connectivity index (χ3v) is 3.71. The van der Waals surface area contributed by atoms with E-state index in [-0.39, 0.29) is 0 Å². The summed E-state index contributed by atoms with van der Waals surface area (Å²) in [6.45, 7) is 4.78. The van der Waals surface area contributed by atoms with Crippen molar-refractivity contribution in [3.63, 3.8) is 0 Å². The molecule has 0 aromatic carbocycles. The molecule has 1 aliphatic carbocycles. The molecule has 0 heterocycles. The Labute approximate surface area is 72.5 Å². The van der Waals surface area contributed by atoms with Gasteiger partial charge < -0.3 is 0 Å². The smallest absolute Gasteiger partial charge is 0.00647 e. The Morgan fingerprint density at radius 2 is 1.70 bits per heavy atom. The van der Waals surface area contributed by atoms with Gasteiger partial charge in [-0.25, -0.2) is 0 Å². The van der Waals surface area contributed by atoms with Crippen LogP contribution < -0.4 is 0 Å². The van der Waals surface area contributed by atoms with E-state index in [0.29, 0.717) is 0 Å². The second-order valence-corrected chi connectivity index (χ2v) is 4.35. The molecule has 2 atom stereocenters. The maximum absolute atomic E-state index is 3.59. The highest BCUT2D eigenvalue weighted by atomic mass is 79.9. The first-order valence-electron chi connectivity index (χ1n) is 4.31. The molecule has 1 heteroatoms. The normalized spacial score (nSPS) is 41.7. The van der Waals surface area contributed by atoms with Gasteiger partial charge in [-0.15, -0.1) is 0 Å². The van der Waals surface area contributed by atoms with Crippen LogP contribution in [0.15, 0.2) is 0 Å². The van der Waals surface area contributed by atoms with Crippen LogP contribution in [0.25, 0.3) is 0 Å². The van der Waals surface area contributed by atoms with Gasteiger partial charge in [-0.3, -0.25) is 0 Å². The van der Waals surface area contributed by atoms with E-state index in [4.69, 9.17) is 0 Å². The SMILES string of the molecule is CC1CCCC(C)C1CBr. The van der Waals surface area contributed by atoms with Crippen molar-refractivity contribution in [2.24, 2.45) is 17.8 Å². The van der Waals surface area contributed by atoms with Crippen LogP contribution >= 0.6 is 15.9 Å². The van der Waals surface area contributed by atoms with Crippen molar-refractivity contribution in [1.82, 2.24) is 0 Å². The minimum Gasteiger partial charge on any atom is -0.0925 e. The van der Waals surface area contributed by atoms with Gasteiger partial charge in [0.2, 0.25) is 0 Å². The lowest BCUT2D eigenvalue weighted by Crippen LogP contribution is -2.25. The van der Waals surface area contributed by atoms with Gasteiger partial charge in [-0.05, 0) is 17.8 Å². The van der Waals surface area contributed by atoms with Gasteiger partial charge >= 0.3 is 0 Å². The molecule has 60 valence electrons. The van der Waals surface area contributed by atoms with E-state index in [1.165, 1.54) is 24.6 Å². The summed E-state index contributed by atoms with van der Waals surface area (Å²) in [6.07, 6.45) is 4.34. The molecule has 0 aromatic heterocycles. The highest BCUT2D eigenvalue weighted by Gasteiger charge is 2.26. The molecule has 0 radical (unpaired) electrons. The van der Waals surface area contributed by atoms with Gasteiger partial charge in [0.15, 0.2) is 0 Å². The quantitative estimate of drug-likeness (QED) is 0.575. The average Bonchev–Trinajstić information content (AvgIpc) is 1.88. The van der Waals surface area contributed by atoms with Crippen molar-refractivity contribution >= 4 is 15.9 Å². The first-order valence-corrected chi connectivity index (χ1v) is 5.43. The molecule has 0 bridgehead atoms. The second kappa shape index (κ2) is 3.75. The van der Waals surface area contributed by atoms with Crippen molar-refractivity contribution in [3.05, 3.63) is 0 Å². The van der Waals surface area contributed by atoms with Crippen LogP contribution in [-0.4, -0.2) is 5.33 Å². The van der Waals surface area contributed by atoms with Crippen LogP contribution in [0.5, 0.6) is 0 Å². The van der Waals surface area contributed by atoms with Crippen molar-refractivity contribution in [2.45, 2.75) is 33.1 Å². The van der Waals surface area contributed by atoms with Crippen molar-refractivity contribution in [2.75, 3.05) is 5.33 Å². The van der Waals surface area contributed by atoms with E-state index in [2.05, 4.69) is 29.8 Å². The summed E-state index contributed by atoms with van der Waals surface area (Å²) < 4.78 is 0. The summed E-state index contributed by atoms with van der Waals surface area (Å²) >= 11 is 3.59. The zero-order chi connectivity index (χ0) is 7.56. The molecule has 0 aliphatic heterocycles. The van der Waals surface area contributed by atoms with Crippen LogP contribution in [0.3, 0.4) is 0 Å². The Kier molecular flexibility index (Phi) is 3.22. The fourth-order valence-corrected chi connectivity index (χ4v) is 3.33. The van der Waals surface area contributed by atoms with E-state index in [1.807, 2.05) is 0 Å². The summed E-state index contributed by atoms with van der Waals surface area (Å²) in [5.41, 5.74) is 0. The zero-order valence-corrected chi connectivity index (χ0v) is 8.52. The fourth-order valence-electron chi connectivity index (χ4n) is 2.05. The van der Waals surface area contributed by atoms with Gasteiger partial charge in [-0.1, -0.05) is 49.0 Å². The molecule has 1 aliphatic rings. The van der Waals surface area contributed by atoms with Crippen LogP contribution in [0.1, 0.15) is 33.1 Å². The Balaban J connectivity index is 2.45. The molecular formula is C9H17Br. The lowest BCUT2D eigenvalue weighted by molar-refractivity contribution is 0.203. The molecule has 1 fully saturated rings. The monoisotopic (exact) mass is 204 g/mol. The Bertz CT molecular complexity index is 90.9. The lowest BCUT2D eigenvalue weighted by atomic mass is 9.75. The number of hydrogen-bond acceptors (Lipinski definition) is 0. The van der Waals surface area contributed by atoms with Gasteiger partial charge in [0.1, 0.15) is 0 Å². The summed E-state index contributed by atoms with van der Waals surface area (Å²) in [4.78, 5) is 0. The average molecular weight is 205 g/mol. The van der Waals surface area contributed by atoms with Gasteiger partial charge in [0, 0.05) is 5.33 Å². The minimum atomic E-state index is 0.939. The van der Waals surface area contributed by atoms with Crippen molar-refractivity contribution in [1.29, 1.82) is 0 Å². The van der Waals surface area contributed by atoms with E-state index in [1.54, 1.807) is 0 Å². The summed E-state index contributed by atoms with van der Waals surface area (Å²) in [6, 6.07) is 0. The van der Waals surface area contributed by atoms with Gasteiger partial charge in [-0.2, -0.15) is 0 Å². The standard InChI is InChI=1S/C9H17Br/c1-7-4-3-5-8(2)9(7)6-10/h7-9H,3-6H2,1-2H3. The largest absolute Gasteiger partial charge is 0.0925 e. The number of alkyl halides is 1. The third-order valence-electron chi connectivity index (χ3n) is 2.96. The van der Waals surface area contributed by atoms with Crippen molar-refractivity contribution in [3.8, 4) is 0 Å². The van der Waals surface area contributed by atoms with Crippen LogP contribution in [0.4, 0.5) is 0 Å². The number of hydrogen-bond donors (Lipinski definition) is 0. The highest BCUT2D eigenvalue weighted by molar-refractivity contribution is 9.09. The van der Waals surface area contributed by atoms with Crippen molar-refractivity contribution < 1.29 is 0 Å². The molecule has 0 N–H and O–H groups in total. The molecule has 2 unspecified atom stereocenters. The third kappa shape index (κ3) is 1.75. The molecular weight excluding hydrogens is 188 g/mol. The van der Waals surface area contributed by atoms with E-state index in [0.717, 1.165) is 17.8 Å². The molecule has 1 rings (SSSR count). The topological polar surface area (TPSA) is 0 Å². The zero-order valence-electron chi connectivity index (χ0n) is 6.94.